The van der Waals surface area contributed by atoms with Crippen molar-refractivity contribution in [3.8, 4) is 5.69 Å². The molecule has 0 bridgehead atoms. The van der Waals surface area contributed by atoms with Gasteiger partial charge in [0.1, 0.15) is 11.0 Å². The maximum Gasteiger partial charge on any atom is 0.257 e. The second kappa shape index (κ2) is 9.69. The molecule has 4 aromatic rings. The van der Waals surface area contributed by atoms with E-state index in [0.29, 0.717) is 21.8 Å². The molecule has 0 aliphatic rings. The number of carbonyl (C=O) groups is 1. The van der Waals surface area contributed by atoms with E-state index in [9.17, 15) is 4.79 Å². The summed E-state index contributed by atoms with van der Waals surface area (Å²) in [6, 6.07) is 15.5. The van der Waals surface area contributed by atoms with Crippen molar-refractivity contribution in [2.45, 2.75) is 27.7 Å². The first-order chi connectivity index (χ1) is 15.8. The molecule has 4 rings (SSSR count). The van der Waals surface area contributed by atoms with E-state index in [-0.39, 0.29) is 5.91 Å². The minimum Gasteiger partial charge on any atom is -0.372 e. The van der Waals surface area contributed by atoms with E-state index in [1.165, 1.54) is 5.69 Å². The Bertz CT molecular complexity index is 1350. The monoisotopic (exact) mass is 573 g/mol. The lowest BCUT2D eigenvalue weighted by Gasteiger charge is -2.22. The highest BCUT2D eigenvalue weighted by molar-refractivity contribution is 14.1. The number of aryl methyl sites for hydroxylation is 2. The molecule has 0 saturated carbocycles. The van der Waals surface area contributed by atoms with Gasteiger partial charge in [0.05, 0.1) is 16.3 Å². The zero-order valence-corrected chi connectivity index (χ0v) is 21.9. The van der Waals surface area contributed by atoms with Gasteiger partial charge in [0.25, 0.3) is 5.91 Å². The summed E-state index contributed by atoms with van der Waals surface area (Å²) in [5.41, 5.74) is 6.71. The number of rotatable bonds is 6. The van der Waals surface area contributed by atoms with Crippen molar-refractivity contribution in [3.63, 3.8) is 0 Å². The molecule has 0 fully saturated rings. The second-order valence-corrected chi connectivity index (χ2v) is 9.52. The lowest BCUT2D eigenvalue weighted by molar-refractivity contribution is 0.102. The number of hydrogen-bond acceptors (Lipinski definition) is 4. The van der Waals surface area contributed by atoms with Crippen LogP contribution < -0.4 is 10.2 Å². The fourth-order valence-corrected chi connectivity index (χ4v) is 4.52. The molecule has 33 heavy (non-hydrogen) atoms. The molecule has 0 saturated heterocycles. The predicted molar refractivity (Wildman–Crippen MR) is 144 cm³/mol. The Morgan fingerprint density at radius 3 is 2.36 bits per heavy atom. The molecule has 0 aliphatic carbocycles. The van der Waals surface area contributed by atoms with Gasteiger partial charge in [0.2, 0.25) is 0 Å². The quantitative estimate of drug-likeness (QED) is 0.271. The largest absolute Gasteiger partial charge is 0.372 e. The van der Waals surface area contributed by atoms with Gasteiger partial charge in [-0.1, -0.05) is 11.6 Å². The van der Waals surface area contributed by atoms with Crippen LogP contribution in [0.5, 0.6) is 0 Å². The van der Waals surface area contributed by atoms with Crippen molar-refractivity contribution < 1.29 is 4.79 Å². The molecule has 0 radical (unpaired) electrons. The number of aromatic nitrogens is 3. The first-order valence-corrected chi connectivity index (χ1v) is 12.3. The lowest BCUT2D eigenvalue weighted by atomic mass is 10.1. The minimum absolute atomic E-state index is 0.254. The third kappa shape index (κ3) is 4.84. The number of benzene rings is 3. The summed E-state index contributed by atoms with van der Waals surface area (Å²) in [7, 11) is 0. The van der Waals surface area contributed by atoms with Crippen LogP contribution in [0.15, 0.2) is 48.5 Å². The molecule has 0 spiro atoms. The molecule has 170 valence electrons. The van der Waals surface area contributed by atoms with Crippen molar-refractivity contribution in [3.05, 3.63) is 73.8 Å². The fraction of sp³-hybridized carbons (Fsp3) is 0.240. The van der Waals surface area contributed by atoms with Crippen LogP contribution in [0.1, 0.15) is 35.3 Å². The Labute approximate surface area is 212 Å². The Kier molecular flexibility index (Phi) is 6.90. The molecule has 3 aromatic carbocycles. The Morgan fingerprint density at radius 2 is 1.70 bits per heavy atom. The maximum absolute atomic E-state index is 12.8. The first kappa shape index (κ1) is 23.5. The highest BCUT2D eigenvalue weighted by atomic mass is 127. The van der Waals surface area contributed by atoms with Crippen molar-refractivity contribution in [1.29, 1.82) is 0 Å². The van der Waals surface area contributed by atoms with Gasteiger partial charge in [0, 0.05) is 28.0 Å². The number of halogens is 2. The normalized spacial score (nSPS) is 11.1. The van der Waals surface area contributed by atoms with Crippen LogP contribution in [0.3, 0.4) is 0 Å². The predicted octanol–water partition coefficient (Wildman–Crippen LogP) is 6.39. The molecule has 1 heterocycles. The van der Waals surface area contributed by atoms with Crippen molar-refractivity contribution >= 4 is 62.5 Å². The summed E-state index contributed by atoms with van der Waals surface area (Å²) < 4.78 is 0.944. The van der Waals surface area contributed by atoms with Crippen molar-refractivity contribution in [2.75, 3.05) is 23.3 Å². The van der Waals surface area contributed by atoms with E-state index >= 15 is 0 Å². The highest BCUT2D eigenvalue weighted by Crippen LogP contribution is 2.26. The van der Waals surface area contributed by atoms with Gasteiger partial charge in [-0.15, -0.1) is 10.2 Å². The smallest absolute Gasteiger partial charge is 0.257 e. The zero-order valence-electron chi connectivity index (χ0n) is 19.0. The zero-order chi connectivity index (χ0) is 23.7. The number of fused-ring (bicyclic) bond motifs is 1. The molecule has 8 heteroatoms. The van der Waals surface area contributed by atoms with Crippen molar-refractivity contribution in [2.24, 2.45) is 0 Å². The first-order valence-electron chi connectivity index (χ1n) is 10.8. The van der Waals surface area contributed by atoms with Gasteiger partial charge in [0.15, 0.2) is 0 Å². The second-order valence-electron chi connectivity index (χ2n) is 7.87. The number of anilines is 2. The Balaban J connectivity index is 1.66. The van der Waals surface area contributed by atoms with Crippen LogP contribution in [-0.4, -0.2) is 34.0 Å². The number of amides is 1. The van der Waals surface area contributed by atoms with E-state index in [0.717, 1.165) is 39.0 Å². The number of hydrogen-bond donors (Lipinski definition) is 1. The van der Waals surface area contributed by atoms with E-state index in [4.69, 9.17) is 11.6 Å². The summed E-state index contributed by atoms with van der Waals surface area (Å²) in [6.07, 6.45) is 0. The van der Waals surface area contributed by atoms with Crippen LogP contribution >= 0.6 is 34.2 Å². The molecule has 0 atom stereocenters. The average molecular weight is 574 g/mol. The maximum atomic E-state index is 12.8. The molecule has 0 unspecified atom stereocenters. The molecular formula is C25H25ClIN5O. The average Bonchev–Trinajstić information content (AvgIpc) is 3.18. The molecule has 1 amide bonds. The van der Waals surface area contributed by atoms with Crippen molar-refractivity contribution in [1.82, 2.24) is 15.0 Å². The van der Waals surface area contributed by atoms with Crippen LogP contribution in [0, 0.1) is 17.4 Å². The van der Waals surface area contributed by atoms with Gasteiger partial charge in [-0.05, 0) is 110 Å². The fourth-order valence-electron chi connectivity index (χ4n) is 3.82. The van der Waals surface area contributed by atoms with Gasteiger partial charge in [-0.3, -0.25) is 4.79 Å². The third-order valence-corrected chi connectivity index (χ3v) is 6.67. The Morgan fingerprint density at radius 1 is 1.00 bits per heavy atom. The van der Waals surface area contributed by atoms with Gasteiger partial charge in [-0.25, -0.2) is 0 Å². The summed E-state index contributed by atoms with van der Waals surface area (Å²) >= 11 is 8.40. The van der Waals surface area contributed by atoms with Gasteiger partial charge in [-0.2, -0.15) is 4.80 Å². The summed E-state index contributed by atoms with van der Waals surface area (Å²) in [4.78, 5) is 16.8. The van der Waals surface area contributed by atoms with Gasteiger partial charge >= 0.3 is 0 Å². The third-order valence-electron chi connectivity index (χ3n) is 5.67. The van der Waals surface area contributed by atoms with E-state index in [1.54, 1.807) is 16.9 Å². The van der Waals surface area contributed by atoms with Crippen LogP contribution in [0.2, 0.25) is 5.02 Å². The molecule has 6 nitrogen and oxygen atoms in total. The lowest BCUT2D eigenvalue weighted by Crippen LogP contribution is -2.21. The highest BCUT2D eigenvalue weighted by Gasteiger charge is 2.15. The van der Waals surface area contributed by atoms with E-state index in [1.807, 2.05) is 25.1 Å². The number of nitrogens with zero attached hydrogens (tertiary/aromatic N) is 4. The van der Waals surface area contributed by atoms with Crippen LogP contribution in [0.25, 0.3) is 16.7 Å². The van der Waals surface area contributed by atoms with Crippen LogP contribution in [-0.2, 0) is 0 Å². The number of nitrogens with one attached hydrogen (secondary N) is 1. The number of carbonyl (C=O) groups excluding carboxylic acids is 1. The van der Waals surface area contributed by atoms with Crippen LogP contribution in [0.4, 0.5) is 11.4 Å². The minimum atomic E-state index is -0.254. The summed E-state index contributed by atoms with van der Waals surface area (Å²) in [5, 5.41) is 12.8. The summed E-state index contributed by atoms with van der Waals surface area (Å²) in [5.74, 6) is -0.254. The van der Waals surface area contributed by atoms with E-state index in [2.05, 4.69) is 82.0 Å². The summed E-state index contributed by atoms with van der Waals surface area (Å²) in [6.45, 7) is 10.2. The molecule has 0 aliphatic heterocycles. The standard InChI is InChI=1S/C25H25ClIN5O/c1-5-31(6-2)18-8-10-24(16(4)11-18)32-29-22-12-15(3)21(14-23(22)30-32)28-25(33)19-13-17(27)7-9-20(19)26/h7-14H,5-6H2,1-4H3,(H,28,33). The SMILES string of the molecule is CCN(CC)c1ccc(-n2nc3cc(C)c(NC(=O)c4cc(I)ccc4Cl)cc3n2)c(C)c1. The topological polar surface area (TPSA) is 63.1 Å². The molecule has 1 N–H and O–H groups in total. The van der Waals surface area contributed by atoms with Gasteiger partial charge < -0.3 is 10.2 Å². The Hall–Kier alpha value is -2.65. The molecular weight excluding hydrogens is 549 g/mol. The molecule has 1 aromatic heterocycles. The van der Waals surface area contributed by atoms with E-state index < -0.39 is 0 Å².